The number of furan rings is 1. The van der Waals surface area contributed by atoms with Crippen LogP contribution in [0.25, 0.3) is 0 Å². The second-order valence-corrected chi connectivity index (χ2v) is 5.22. The largest absolute Gasteiger partial charge is 0.465 e. The van der Waals surface area contributed by atoms with Crippen molar-refractivity contribution in [3.05, 3.63) is 58.5 Å². The number of hydrogen-bond acceptors (Lipinski definition) is 1. The second kappa shape index (κ2) is 6.60. The molecule has 0 aliphatic rings. The van der Waals surface area contributed by atoms with Gasteiger partial charge >= 0.3 is 0 Å². The second-order valence-electron chi connectivity index (χ2n) is 5.22. The molecule has 1 nitrogen and oxygen atoms in total. The Balaban J connectivity index is 2.16. The Morgan fingerprint density at radius 3 is 2.47 bits per heavy atom. The highest BCUT2D eigenvalue weighted by molar-refractivity contribution is 5.33. The van der Waals surface area contributed by atoms with Crippen molar-refractivity contribution in [1.29, 1.82) is 0 Å². The highest BCUT2D eigenvalue weighted by Crippen LogP contribution is 2.22. The van der Waals surface area contributed by atoms with E-state index < -0.39 is 0 Å². The first-order valence-corrected chi connectivity index (χ1v) is 7.39. The maximum absolute atomic E-state index is 6.02. The van der Waals surface area contributed by atoms with Crippen LogP contribution in [0.15, 0.2) is 34.7 Å². The van der Waals surface area contributed by atoms with Crippen LogP contribution in [0, 0.1) is 6.92 Å². The average molecular weight is 256 g/mol. The van der Waals surface area contributed by atoms with Crippen LogP contribution in [0.2, 0.25) is 0 Å². The lowest BCUT2D eigenvalue weighted by Gasteiger charge is -2.06. The molecule has 1 aromatic carbocycles. The molecule has 2 aromatic rings. The third-order valence-electron chi connectivity index (χ3n) is 3.70. The molecule has 0 saturated heterocycles. The standard InChI is InChI=1S/C18H24O/c1-4-6-11-17-12-14(3)18(19-17)13-16-10-8-7-9-15(16)5-2/h7-10,12H,4-6,11,13H2,1-3H3. The SMILES string of the molecule is CCCCc1cc(C)c(Cc2ccccc2CC)o1. The van der Waals surface area contributed by atoms with E-state index in [0.29, 0.717) is 0 Å². The van der Waals surface area contributed by atoms with E-state index in [-0.39, 0.29) is 0 Å². The third-order valence-corrected chi connectivity index (χ3v) is 3.70. The van der Waals surface area contributed by atoms with Gasteiger partial charge in [0.05, 0.1) is 0 Å². The summed E-state index contributed by atoms with van der Waals surface area (Å²) in [6.45, 7) is 6.58. The molecule has 1 aromatic heterocycles. The van der Waals surface area contributed by atoms with Gasteiger partial charge in [0.25, 0.3) is 0 Å². The topological polar surface area (TPSA) is 13.1 Å². The minimum Gasteiger partial charge on any atom is -0.465 e. The maximum Gasteiger partial charge on any atom is 0.111 e. The lowest BCUT2D eigenvalue weighted by molar-refractivity contribution is 0.464. The molecule has 0 atom stereocenters. The summed E-state index contributed by atoms with van der Waals surface area (Å²) in [6.07, 6.45) is 5.49. The fraction of sp³-hybridized carbons (Fsp3) is 0.444. The van der Waals surface area contributed by atoms with E-state index in [0.717, 1.165) is 30.8 Å². The lowest BCUT2D eigenvalue weighted by atomic mass is 10.0. The Morgan fingerprint density at radius 1 is 1.05 bits per heavy atom. The van der Waals surface area contributed by atoms with Gasteiger partial charge in [-0.15, -0.1) is 0 Å². The quantitative estimate of drug-likeness (QED) is 0.702. The van der Waals surface area contributed by atoms with Crippen molar-refractivity contribution in [2.45, 2.75) is 52.9 Å². The molecule has 0 fully saturated rings. The minimum atomic E-state index is 0.919. The van der Waals surface area contributed by atoms with Crippen molar-refractivity contribution in [2.24, 2.45) is 0 Å². The molecule has 0 saturated carbocycles. The first kappa shape index (κ1) is 13.9. The molecule has 0 bridgehead atoms. The van der Waals surface area contributed by atoms with E-state index in [9.17, 15) is 0 Å². The number of unbranched alkanes of at least 4 members (excludes halogenated alkanes) is 1. The summed E-state index contributed by atoms with van der Waals surface area (Å²) in [5.74, 6) is 2.27. The van der Waals surface area contributed by atoms with Crippen molar-refractivity contribution in [3.63, 3.8) is 0 Å². The van der Waals surface area contributed by atoms with Gasteiger partial charge in [-0.05, 0) is 42.5 Å². The summed E-state index contributed by atoms with van der Waals surface area (Å²) in [6, 6.07) is 10.9. The van der Waals surface area contributed by atoms with Crippen LogP contribution in [0.4, 0.5) is 0 Å². The van der Waals surface area contributed by atoms with E-state index in [4.69, 9.17) is 4.42 Å². The van der Waals surface area contributed by atoms with Crippen molar-refractivity contribution < 1.29 is 4.42 Å². The zero-order valence-electron chi connectivity index (χ0n) is 12.3. The Bertz CT molecular complexity index is 522. The highest BCUT2D eigenvalue weighted by Gasteiger charge is 2.10. The first-order valence-electron chi connectivity index (χ1n) is 7.39. The number of hydrogen-bond donors (Lipinski definition) is 0. The van der Waals surface area contributed by atoms with Crippen molar-refractivity contribution in [3.8, 4) is 0 Å². The van der Waals surface area contributed by atoms with Gasteiger partial charge in [0.2, 0.25) is 0 Å². The molecule has 102 valence electrons. The van der Waals surface area contributed by atoms with Crippen LogP contribution in [0.3, 0.4) is 0 Å². The normalized spacial score (nSPS) is 10.9. The molecule has 0 unspecified atom stereocenters. The van der Waals surface area contributed by atoms with Crippen LogP contribution in [0.1, 0.15) is 54.9 Å². The van der Waals surface area contributed by atoms with Gasteiger partial charge < -0.3 is 4.42 Å². The number of aryl methyl sites for hydroxylation is 3. The monoisotopic (exact) mass is 256 g/mol. The third kappa shape index (κ3) is 3.50. The van der Waals surface area contributed by atoms with Crippen molar-refractivity contribution >= 4 is 0 Å². The summed E-state index contributed by atoms with van der Waals surface area (Å²) in [7, 11) is 0. The van der Waals surface area contributed by atoms with Gasteiger partial charge in [0.15, 0.2) is 0 Å². The van der Waals surface area contributed by atoms with E-state index in [1.54, 1.807) is 0 Å². The minimum absolute atomic E-state index is 0.919. The summed E-state index contributed by atoms with van der Waals surface area (Å²) in [5, 5.41) is 0. The highest BCUT2D eigenvalue weighted by atomic mass is 16.3. The summed E-state index contributed by atoms with van der Waals surface area (Å²) in [5.41, 5.74) is 4.11. The summed E-state index contributed by atoms with van der Waals surface area (Å²) in [4.78, 5) is 0. The van der Waals surface area contributed by atoms with E-state index in [1.807, 2.05) is 0 Å². The Kier molecular flexibility index (Phi) is 4.84. The van der Waals surface area contributed by atoms with Crippen molar-refractivity contribution in [2.75, 3.05) is 0 Å². The van der Waals surface area contributed by atoms with Crippen LogP contribution >= 0.6 is 0 Å². The maximum atomic E-state index is 6.02. The molecule has 1 heteroatoms. The van der Waals surface area contributed by atoms with Gasteiger partial charge in [-0.25, -0.2) is 0 Å². The van der Waals surface area contributed by atoms with Crippen LogP contribution in [-0.4, -0.2) is 0 Å². The van der Waals surface area contributed by atoms with Gasteiger partial charge in [0, 0.05) is 12.8 Å². The molecule has 0 aliphatic carbocycles. The number of rotatable bonds is 6. The fourth-order valence-corrected chi connectivity index (χ4v) is 2.49. The van der Waals surface area contributed by atoms with Crippen molar-refractivity contribution in [1.82, 2.24) is 0 Å². The van der Waals surface area contributed by atoms with Crippen LogP contribution in [0.5, 0.6) is 0 Å². The smallest absolute Gasteiger partial charge is 0.111 e. The van der Waals surface area contributed by atoms with Gasteiger partial charge in [-0.1, -0.05) is 44.5 Å². The Hall–Kier alpha value is -1.50. The van der Waals surface area contributed by atoms with E-state index in [1.165, 1.54) is 29.5 Å². The zero-order chi connectivity index (χ0) is 13.7. The summed E-state index contributed by atoms with van der Waals surface area (Å²) >= 11 is 0. The predicted molar refractivity (Wildman–Crippen MR) is 80.7 cm³/mol. The van der Waals surface area contributed by atoms with Crippen LogP contribution in [-0.2, 0) is 19.3 Å². The van der Waals surface area contributed by atoms with E-state index in [2.05, 4.69) is 51.1 Å². The van der Waals surface area contributed by atoms with Gasteiger partial charge in [0.1, 0.15) is 11.5 Å². The Labute approximate surface area is 116 Å². The molecular weight excluding hydrogens is 232 g/mol. The molecule has 2 rings (SSSR count). The molecular formula is C18H24O. The fourth-order valence-electron chi connectivity index (χ4n) is 2.49. The molecule has 0 aliphatic heterocycles. The molecule has 1 heterocycles. The van der Waals surface area contributed by atoms with E-state index >= 15 is 0 Å². The first-order chi connectivity index (χ1) is 9.24. The number of benzene rings is 1. The van der Waals surface area contributed by atoms with Gasteiger partial charge in [-0.3, -0.25) is 0 Å². The van der Waals surface area contributed by atoms with Crippen LogP contribution < -0.4 is 0 Å². The average Bonchev–Trinajstić information content (AvgIpc) is 2.77. The molecule has 0 spiro atoms. The Morgan fingerprint density at radius 2 is 1.79 bits per heavy atom. The molecule has 0 radical (unpaired) electrons. The zero-order valence-corrected chi connectivity index (χ0v) is 12.3. The molecule has 0 N–H and O–H groups in total. The molecule has 19 heavy (non-hydrogen) atoms. The van der Waals surface area contributed by atoms with Gasteiger partial charge in [-0.2, -0.15) is 0 Å². The lowest BCUT2D eigenvalue weighted by Crippen LogP contribution is -1.94. The summed E-state index contributed by atoms with van der Waals surface area (Å²) < 4.78 is 6.02. The predicted octanol–water partition coefficient (Wildman–Crippen LogP) is 5.08. The molecule has 0 amide bonds.